The molecule has 0 atom stereocenters. The highest BCUT2D eigenvalue weighted by Crippen LogP contribution is 2.15. The third-order valence-electron chi connectivity index (χ3n) is 2.77. The molecule has 3 aromatic rings. The molecule has 0 aliphatic carbocycles. The number of para-hydroxylation sites is 1. The van der Waals surface area contributed by atoms with E-state index < -0.39 is 0 Å². The quantitative estimate of drug-likeness (QED) is 0.736. The van der Waals surface area contributed by atoms with Gasteiger partial charge in [-0.05, 0) is 12.1 Å². The number of H-pyrrole nitrogens is 1. The Morgan fingerprint density at radius 2 is 2.11 bits per heavy atom. The van der Waals surface area contributed by atoms with E-state index in [1.54, 1.807) is 12.3 Å². The van der Waals surface area contributed by atoms with Gasteiger partial charge in [-0.1, -0.05) is 18.2 Å². The highest BCUT2D eigenvalue weighted by atomic mass is 16.1. The monoisotopic (exact) mass is 253 g/mol. The minimum Gasteiger partial charge on any atom is -0.345 e. The standard InChI is InChI=1S/C13H11N5O/c19-13(15-7-12-16-8-17-18-12)10-5-6-14-11-4-2-1-3-9(10)11/h1-6,8H,7H2,(H,15,19)(H,16,17,18). The summed E-state index contributed by atoms with van der Waals surface area (Å²) in [4.78, 5) is 20.3. The summed E-state index contributed by atoms with van der Waals surface area (Å²) in [6, 6.07) is 9.25. The number of amides is 1. The van der Waals surface area contributed by atoms with Crippen LogP contribution in [0.5, 0.6) is 0 Å². The molecule has 0 bridgehead atoms. The molecule has 6 heteroatoms. The van der Waals surface area contributed by atoms with Gasteiger partial charge in [0.1, 0.15) is 12.2 Å². The number of benzene rings is 1. The third-order valence-corrected chi connectivity index (χ3v) is 2.77. The lowest BCUT2D eigenvalue weighted by Gasteiger charge is -2.06. The topological polar surface area (TPSA) is 83.6 Å². The summed E-state index contributed by atoms with van der Waals surface area (Å²) in [5.41, 5.74) is 1.40. The number of hydrogen-bond donors (Lipinski definition) is 2. The van der Waals surface area contributed by atoms with Crippen LogP contribution in [0.25, 0.3) is 10.9 Å². The number of hydrogen-bond acceptors (Lipinski definition) is 4. The van der Waals surface area contributed by atoms with Gasteiger partial charge >= 0.3 is 0 Å². The van der Waals surface area contributed by atoms with Crippen molar-refractivity contribution in [1.82, 2.24) is 25.5 Å². The maximum Gasteiger partial charge on any atom is 0.252 e. The highest BCUT2D eigenvalue weighted by Gasteiger charge is 2.10. The van der Waals surface area contributed by atoms with Crippen LogP contribution >= 0.6 is 0 Å². The van der Waals surface area contributed by atoms with E-state index in [0.29, 0.717) is 17.9 Å². The smallest absolute Gasteiger partial charge is 0.252 e. The summed E-state index contributed by atoms with van der Waals surface area (Å²) >= 11 is 0. The lowest BCUT2D eigenvalue weighted by Crippen LogP contribution is -2.23. The van der Waals surface area contributed by atoms with E-state index in [9.17, 15) is 4.79 Å². The van der Waals surface area contributed by atoms with E-state index in [1.807, 2.05) is 24.3 Å². The van der Waals surface area contributed by atoms with E-state index >= 15 is 0 Å². The van der Waals surface area contributed by atoms with Crippen LogP contribution in [0.2, 0.25) is 0 Å². The molecule has 94 valence electrons. The van der Waals surface area contributed by atoms with E-state index in [4.69, 9.17) is 0 Å². The molecule has 2 aromatic heterocycles. The number of carbonyl (C=O) groups is 1. The summed E-state index contributed by atoms with van der Waals surface area (Å²) in [6.45, 7) is 0.315. The Labute approximate surface area is 108 Å². The average Bonchev–Trinajstić information content (AvgIpc) is 2.97. The lowest BCUT2D eigenvalue weighted by molar-refractivity contribution is 0.0951. The molecule has 0 aliphatic heterocycles. The van der Waals surface area contributed by atoms with Crippen molar-refractivity contribution in [3.8, 4) is 0 Å². The molecule has 6 nitrogen and oxygen atoms in total. The van der Waals surface area contributed by atoms with Crippen LogP contribution in [0.15, 0.2) is 42.9 Å². The predicted octanol–water partition coefficient (Wildman–Crippen LogP) is 1.28. The van der Waals surface area contributed by atoms with Crippen LogP contribution in [0.4, 0.5) is 0 Å². The third kappa shape index (κ3) is 2.28. The Morgan fingerprint density at radius 1 is 1.21 bits per heavy atom. The molecule has 0 saturated heterocycles. The highest BCUT2D eigenvalue weighted by molar-refractivity contribution is 6.05. The second-order valence-corrected chi connectivity index (χ2v) is 3.99. The van der Waals surface area contributed by atoms with E-state index in [2.05, 4.69) is 25.5 Å². The molecule has 0 saturated carbocycles. The fraction of sp³-hybridized carbons (Fsp3) is 0.0769. The normalized spacial score (nSPS) is 10.5. The van der Waals surface area contributed by atoms with E-state index in [-0.39, 0.29) is 5.91 Å². The zero-order chi connectivity index (χ0) is 13.1. The van der Waals surface area contributed by atoms with Crippen molar-refractivity contribution in [3.63, 3.8) is 0 Å². The minimum absolute atomic E-state index is 0.157. The molecular formula is C13H11N5O. The maximum absolute atomic E-state index is 12.2. The van der Waals surface area contributed by atoms with Crippen molar-refractivity contribution < 1.29 is 4.79 Å². The zero-order valence-electron chi connectivity index (χ0n) is 10.00. The zero-order valence-corrected chi connectivity index (χ0v) is 10.00. The first-order valence-electron chi connectivity index (χ1n) is 5.81. The second-order valence-electron chi connectivity index (χ2n) is 3.99. The molecular weight excluding hydrogens is 242 g/mol. The number of pyridine rings is 1. The molecule has 19 heavy (non-hydrogen) atoms. The summed E-state index contributed by atoms with van der Waals surface area (Å²) in [5, 5.41) is 10.0. The minimum atomic E-state index is -0.157. The van der Waals surface area contributed by atoms with Gasteiger partial charge in [0, 0.05) is 11.6 Å². The molecule has 1 aromatic carbocycles. The van der Waals surface area contributed by atoms with E-state index in [0.717, 1.165) is 10.9 Å². The van der Waals surface area contributed by atoms with Crippen LogP contribution in [0.3, 0.4) is 0 Å². The fourth-order valence-corrected chi connectivity index (χ4v) is 1.87. The molecule has 0 fully saturated rings. The number of aromatic nitrogens is 4. The van der Waals surface area contributed by atoms with Crippen molar-refractivity contribution in [2.45, 2.75) is 6.54 Å². The molecule has 0 unspecified atom stereocenters. The Bertz CT molecular complexity index is 703. The van der Waals surface area contributed by atoms with Crippen LogP contribution in [0, 0.1) is 0 Å². The number of fused-ring (bicyclic) bond motifs is 1. The summed E-state index contributed by atoms with van der Waals surface area (Å²) in [7, 11) is 0. The molecule has 0 aliphatic rings. The van der Waals surface area contributed by atoms with Gasteiger partial charge < -0.3 is 5.32 Å². The summed E-state index contributed by atoms with van der Waals surface area (Å²) in [5.74, 6) is 0.460. The van der Waals surface area contributed by atoms with Crippen LogP contribution in [-0.4, -0.2) is 26.1 Å². The molecule has 1 amide bonds. The van der Waals surface area contributed by atoms with Crippen molar-refractivity contribution in [2.75, 3.05) is 0 Å². The first-order valence-corrected chi connectivity index (χ1v) is 5.81. The largest absolute Gasteiger partial charge is 0.345 e. The van der Waals surface area contributed by atoms with Crippen molar-refractivity contribution in [2.24, 2.45) is 0 Å². The second kappa shape index (κ2) is 4.85. The van der Waals surface area contributed by atoms with Gasteiger partial charge in [-0.2, -0.15) is 5.10 Å². The number of nitrogens with zero attached hydrogens (tertiary/aromatic N) is 3. The predicted molar refractivity (Wildman–Crippen MR) is 69.3 cm³/mol. The Morgan fingerprint density at radius 3 is 2.95 bits per heavy atom. The van der Waals surface area contributed by atoms with Crippen molar-refractivity contribution in [3.05, 3.63) is 54.2 Å². The molecule has 3 rings (SSSR count). The van der Waals surface area contributed by atoms with Gasteiger partial charge in [0.05, 0.1) is 17.6 Å². The first-order chi connectivity index (χ1) is 9.34. The SMILES string of the molecule is O=C(NCc1ncn[nH]1)c1ccnc2ccccc12. The number of aromatic amines is 1. The van der Waals surface area contributed by atoms with Crippen LogP contribution < -0.4 is 5.32 Å². The van der Waals surface area contributed by atoms with E-state index in [1.165, 1.54) is 6.33 Å². The van der Waals surface area contributed by atoms with Crippen LogP contribution in [-0.2, 0) is 6.54 Å². The maximum atomic E-state index is 12.2. The Hall–Kier alpha value is -2.76. The summed E-state index contributed by atoms with van der Waals surface area (Å²) < 4.78 is 0. The molecule has 2 heterocycles. The molecule has 0 radical (unpaired) electrons. The Kier molecular flexibility index (Phi) is 2.89. The van der Waals surface area contributed by atoms with Gasteiger partial charge in [0.2, 0.25) is 0 Å². The van der Waals surface area contributed by atoms with Gasteiger partial charge in [0.25, 0.3) is 5.91 Å². The van der Waals surface area contributed by atoms with Crippen molar-refractivity contribution in [1.29, 1.82) is 0 Å². The lowest BCUT2D eigenvalue weighted by atomic mass is 10.1. The fourth-order valence-electron chi connectivity index (χ4n) is 1.87. The number of carbonyl (C=O) groups excluding carboxylic acids is 1. The first kappa shape index (κ1) is 11.3. The van der Waals surface area contributed by atoms with Crippen molar-refractivity contribution >= 4 is 16.8 Å². The van der Waals surface area contributed by atoms with Crippen LogP contribution in [0.1, 0.15) is 16.2 Å². The number of rotatable bonds is 3. The van der Waals surface area contributed by atoms with Gasteiger partial charge in [-0.25, -0.2) is 4.98 Å². The Balaban J connectivity index is 1.85. The number of nitrogens with one attached hydrogen (secondary N) is 2. The van der Waals surface area contributed by atoms with Gasteiger partial charge in [0.15, 0.2) is 0 Å². The summed E-state index contributed by atoms with van der Waals surface area (Å²) in [6.07, 6.45) is 3.04. The molecule has 2 N–H and O–H groups in total. The van der Waals surface area contributed by atoms with Gasteiger partial charge in [-0.15, -0.1) is 0 Å². The average molecular weight is 253 g/mol. The van der Waals surface area contributed by atoms with Gasteiger partial charge in [-0.3, -0.25) is 14.9 Å². The molecule has 0 spiro atoms.